The molecule has 32 heavy (non-hydrogen) atoms. The second-order valence-electron chi connectivity index (χ2n) is 6.91. The minimum atomic E-state index is -4.35. The van der Waals surface area contributed by atoms with Crippen LogP contribution in [0.25, 0.3) is 0 Å². The first-order valence-corrected chi connectivity index (χ1v) is 13.2. The highest BCUT2D eigenvalue weighted by Gasteiger charge is 2.71. The summed E-state index contributed by atoms with van der Waals surface area (Å²) in [6, 6.07) is 12.4. The van der Waals surface area contributed by atoms with E-state index in [1.54, 1.807) is 43.3 Å². The van der Waals surface area contributed by atoms with Crippen LogP contribution in [0.3, 0.4) is 0 Å². The van der Waals surface area contributed by atoms with Crippen LogP contribution < -0.4 is 10.0 Å². The summed E-state index contributed by atoms with van der Waals surface area (Å²) in [5.74, 6) is -1.08. The van der Waals surface area contributed by atoms with Crippen molar-refractivity contribution in [2.45, 2.75) is 26.1 Å². The fourth-order valence-electron chi connectivity index (χ4n) is 2.91. The molecule has 2 aromatic rings. The Hall–Kier alpha value is -0.220. The Kier molecular flexibility index (Phi) is 7.50. The molecular weight excluding hydrogens is 629 g/mol. The molecule has 0 bridgehead atoms. The van der Waals surface area contributed by atoms with Gasteiger partial charge in [0.1, 0.15) is 5.03 Å². The average Bonchev–Trinajstić information content (AvgIpc) is 2.72. The number of benzene rings is 2. The number of aryl methyl sites for hydroxylation is 1. The topological polar surface area (TPSA) is 75.3 Å². The minimum Gasteiger partial charge on any atom is -0.359 e. The van der Waals surface area contributed by atoms with E-state index in [-0.39, 0.29) is 4.90 Å². The Bertz CT molecular complexity index is 1200. The van der Waals surface area contributed by atoms with E-state index < -0.39 is 40.2 Å². The lowest BCUT2D eigenvalue weighted by Crippen LogP contribution is -2.73. The van der Waals surface area contributed by atoms with Crippen molar-refractivity contribution in [3.05, 3.63) is 68.6 Å². The van der Waals surface area contributed by atoms with Crippen molar-refractivity contribution in [3.63, 3.8) is 0 Å². The summed E-state index contributed by atoms with van der Waals surface area (Å²) in [5, 5.41) is 1.66. The van der Waals surface area contributed by atoms with Gasteiger partial charge in [0, 0.05) is 10.2 Å². The molecular formula is C19H13BrCl6N2O3S. The molecule has 0 saturated heterocycles. The van der Waals surface area contributed by atoms with Gasteiger partial charge in [0.15, 0.2) is 5.66 Å². The van der Waals surface area contributed by atoms with Gasteiger partial charge in [-0.3, -0.25) is 4.79 Å². The van der Waals surface area contributed by atoms with Crippen LogP contribution >= 0.6 is 85.5 Å². The highest BCUT2D eigenvalue weighted by atomic mass is 79.9. The standard InChI is InChI=1S/C19H13BrCl6N2O3S/c1-10-2-8-13(9-3-10)32(30,31)28-18(27-12-6-4-11(20)5-7-12)15(22)14(21)16(29)17(23,24)19(18,25)26/h2-9,27-28H,1H3/t18-/m1/s1. The number of hydrogen-bond acceptors (Lipinski definition) is 4. The van der Waals surface area contributed by atoms with Crippen LogP contribution in [0, 0.1) is 6.92 Å². The number of allylic oxidation sites excluding steroid dienone is 1. The maximum absolute atomic E-state index is 13.3. The van der Waals surface area contributed by atoms with Gasteiger partial charge in [-0.15, -0.1) is 0 Å². The molecule has 0 aromatic heterocycles. The van der Waals surface area contributed by atoms with Crippen LogP contribution in [0.4, 0.5) is 5.69 Å². The fourth-order valence-corrected chi connectivity index (χ4v) is 6.49. The lowest BCUT2D eigenvalue weighted by Gasteiger charge is -2.50. The number of ketones is 1. The third-order valence-electron chi connectivity index (χ3n) is 4.67. The van der Waals surface area contributed by atoms with Gasteiger partial charge in [-0.1, -0.05) is 103 Å². The lowest BCUT2D eigenvalue weighted by molar-refractivity contribution is -0.116. The molecule has 5 nitrogen and oxygen atoms in total. The van der Waals surface area contributed by atoms with Crippen LogP contribution in [0.1, 0.15) is 5.56 Å². The molecule has 0 aliphatic heterocycles. The number of anilines is 1. The summed E-state index contributed by atoms with van der Waals surface area (Å²) in [4.78, 5) is 12.5. The normalized spacial score (nSPS) is 22.7. The number of rotatable bonds is 5. The van der Waals surface area contributed by atoms with Gasteiger partial charge in [0.05, 0.1) is 9.93 Å². The number of alkyl halides is 4. The van der Waals surface area contributed by atoms with Crippen molar-refractivity contribution >= 4 is 107 Å². The summed E-state index contributed by atoms with van der Waals surface area (Å²) in [7, 11) is -4.35. The summed E-state index contributed by atoms with van der Waals surface area (Å²) < 4.78 is 24.6. The molecule has 0 radical (unpaired) electrons. The molecule has 1 aliphatic rings. The Balaban J connectivity index is 2.27. The largest absolute Gasteiger partial charge is 0.359 e. The monoisotopic (exact) mass is 638 g/mol. The third-order valence-corrected chi connectivity index (χ3v) is 10.0. The highest BCUT2D eigenvalue weighted by molar-refractivity contribution is 9.10. The zero-order valence-corrected chi connectivity index (χ0v) is 22.8. The Morgan fingerprint density at radius 1 is 0.906 bits per heavy atom. The van der Waals surface area contributed by atoms with Crippen molar-refractivity contribution < 1.29 is 13.2 Å². The molecule has 0 fully saturated rings. The van der Waals surface area contributed by atoms with Gasteiger partial charge in [0.2, 0.25) is 24.5 Å². The molecule has 2 N–H and O–H groups in total. The van der Waals surface area contributed by atoms with Gasteiger partial charge in [-0.2, -0.15) is 4.72 Å². The van der Waals surface area contributed by atoms with E-state index in [1.165, 1.54) is 12.1 Å². The SMILES string of the molecule is Cc1ccc(S(=O)(=O)N[C@]2(Nc3ccc(Br)cc3)C(Cl)=C(Cl)C(=O)C(Cl)(Cl)C2(Cl)Cl)cc1. The molecule has 1 atom stereocenters. The zero-order valence-electron chi connectivity index (χ0n) is 15.9. The molecule has 1 aliphatic carbocycles. The van der Waals surface area contributed by atoms with Gasteiger partial charge in [-0.05, 0) is 43.3 Å². The predicted molar refractivity (Wildman–Crippen MR) is 135 cm³/mol. The summed E-state index contributed by atoms with van der Waals surface area (Å²) in [6.07, 6.45) is 0. The average molecular weight is 642 g/mol. The minimum absolute atomic E-state index is 0.128. The first-order valence-electron chi connectivity index (χ1n) is 8.66. The maximum atomic E-state index is 13.3. The van der Waals surface area contributed by atoms with Gasteiger partial charge < -0.3 is 5.32 Å². The number of sulfonamides is 1. The predicted octanol–water partition coefficient (Wildman–Crippen LogP) is 6.46. The first-order chi connectivity index (χ1) is 14.7. The number of hydrogen-bond donors (Lipinski definition) is 2. The van der Waals surface area contributed by atoms with E-state index in [2.05, 4.69) is 26.0 Å². The highest BCUT2D eigenvalue weighted by Crippen LogP contribution is 2.58. The molecule has 172 valence electrons. The van der Waals surface area contributed by atoms with E-state index in [4.69, 9.17) is 69.6 Å². The van der Waals surface area contributed by atoms with Crippen LogP contribution in [0.5, 0.6) is 0 Å². The summed E-state index contributed by atoms with van der Waals surface area (Å²) >= 11 is 41.4. The molecule has 0 heterocycles. The Morgan fingerprint density at radius 3 is 1.97 bits per heavy atom. The molecule has 0 saturated carbocycles. The van der Waals surface area contributed by atoms with Crippen LogP contribution in [0.15, 0.2) is 68.0 Å². The molecule has 3 rings (SSSR count). The fraction of sp³-hybridized carbons (Fsp3) is 0.211. The molecule has 0 amide bonds. The van der Waals surface area contributed by atoms with Gasteiger partial charge in [0.25, 0.3) is 0 Å². The number of carbonyl (C=O) groups excluding carboxylic acids is 1. The quantitative estimate of drug-likeness (QED) is 0.290. The number of nitrogens with one attached hydrogen (secondary N) is 2. The first kappa shape index (κ1) is 26.4. The van der Waals surface area contributed by atoms with E-state index in [0.717, 1.165) is 10.0 Å². The second kappa shape index (κ2) is 9.10. The summed E-state index contributed by atoms with van der Waals surface area (Å²) in [6.45, 7) is 1.80. The third kappa shape index (κ3) is 4.41. The van der Waals surface area contributed by atoms with Gasteiger partial charge >= 0.3 is 0 Å². The van der Waals surface area contributed by atoms with Gasteiger partial charge in [-0.25, -0.2) is 8.42 Å². The summed E-state index contributed by atoms with van der Waals surface area (Å²) in [5.41, 5.74) is -1.20. The molecule has 2 aromatic carbocycles. The van der Waals surface area contributed by atoms with Crippen molar-refractivity contribution in [2.75, 3.05) is 5.32 Å². The van der Waals surface area contributed by atoms with Crippen molar-refractivity contribution in [3.8, 4) is 0 Å². The smallest absolute Gasteiger partial charge is 0.242 e. The lowest BCUT2D eigenvalue weighted by atomic mass is 9.92. The number of carbonyl (C=O) groups is 1. The number of Topliss-reactive ketones (excluding diaryl/α,β-unsaturated/α-hetero) is 1. The molecule has 0 unspecified atom stereocenters. The second-order valence-corrected chi connectivity index (χ2v) is 12.9. The van der Waals surface area contributed by atoms with Crippen LogP contribution in [-0.2, 0) is 14.8 Å². The van der Waals surface area contributed by atoms with Crippen LogP contribution in [0.2, 0.25) is 0 Å². The van der Waals surface area contributed by atoms with E-state index in [9.17, 15) is 13.2 Å². The molecule has 13 heteroatoms. The van der Waals surface area contributed by atoms with E-state index in [0.29, 0.717) is 5.69 Å². The Morgan fingerprint density at radius 2 is 1.44 bits per heavy atom. The van der Waals surface area contributed by atoms with E-state index >= 15 is 0 Å². The maximum Gasteiger partial charge on any atom is 0.242 e. The van der Waals surface area contributed by atoms with Crippen molar-refractivity contribution in [1.82, 2.24) is 4.72 Å². The zero-order chi connectivity index (χ0) is 24.1. The Labute approximate surface area is 223 Å². The van der Waals surface area contributed by atoms with Crippen LogP contribution in [-0.4, -0.2) is 28.5 Å². The number of halogens is 7. The van der Waals surface area contributed by atoms with Crippen molar-refractivity contribution in [2.24, 2.45) is 0 Å². The molecule has 0 spiro atoms. The van der Waals surface area contributed by atoms with E-state index in [1.807, 2.05) is 0 Å². The van der Waals surface area contributed by atoms with Crippen molar-refractivity contribution in [1.29, 1.82) is 0 Å².